The molecule has 1 saturated heterocycles. The Hall–Kier alpha value is -3.91. The first-order chi connectivity index (χ1) is 17.4. The fraction of sp³-hybridized carbons (Fsp3) is 0.385. The SMILES string of the molecule is CC(C)(C)OC(=O)N1CC(OCc2ccc(C(F)(F)F)cc2)C(n2cc(-c3cccc(C#N)c3)nn2)C1. The minimum absolute atomic E-state index is 0.0488. The Labute approximate surface area is 212 Å². The van der Waals surface area contributed by atoms with Crippen molar-refractivity contribution in [3.8, 4) is 17.3 Å². The summed E-state index contributed by atoms with van der Waals surface area (Å²) < 4.78 is 51.8. The first kappa shape index (κ1) is 26.2. The highest BCUT2D eigenvalue weighted by Gasteiger charge is 2.40. The number of carbonyl (C=O) groups excluding carboxylic acids is 1. The number of benzene rings is 2. The van der Waals surface area contributed by atoms with E-state index in [1.165, 1.54) is 17.0 Å². The quantitative estimate of drug-likeness (QED) is 0.465. The first-order valence-corrected chi connectivity index (χ1v) is 11.6. The average Bonchev–Trinajstić information content (AvgIpc) is 3.49. The molecule has 2 heterocycles. The summed E-state index contributed by atoms with van der Waals surface area (Å²) in [6.45, 7) is 5.82. The maximum Gasteiger partial charge on any atom is 0.416 e. The molecule has 8 nitrogen and oxygen atoms in total. The van der Waals surface area contributed by atoms with Crippen LogP contribution in [-0.4, -0.2) is 50.8 Å². The van der Waals surface area contributed by atoms with Crippen molar-refractivity contribution < 1.29 is 27.4 Å². The number of nitrogens with zero attached hydrogens (tertiary/aromatic N) is 5. The molecular formula is C26H26F3N5O3. The van der Waals surface area contributed by atoms with Crippen LogP contribution in [0, 0.1) is 11.3 Å². The van der Waals surface area contributed by atoms with Crippen molar-refractivity contribution >= 4 is 6.09 Å². The number of nitriles is 1. The van der Waals surface area contributed by atoms with Gasteiger partial charge >= 0.3 is 12.3 Å². The number of amides is 1. The molecule has 0 aliphatic carbocycles. The van der Waals surface area contributed by atoms with Gasteiger partial charge in [0.15, 0.2) is 0 Å². The summed E-state index contributed by atoms with van der Waals surface area (Å²) in [5.74, 6) is 0. The molecule has 0 spiro atoms. The van der Waals surface area contributed by atoms with Crippen molar-refractivity contribution in [2.45, 2.75) is 51.3 Å². The molecule has 11 heteroatoms. The standard InChI is InChI=1S/C26H26F3N5O3/c1-25(2,3)37-24(35)33-14-22(34-13-21(31-32-34)19-6-4-5-18(11-19)12-30)23(15-33)36-16-17-7-9-20(10-8-17)26(27,28)29/h4-11,13,22-23H,14-16H2,1-3H3. The third-order valence-corrected chi connectivity index (χ3v) is 5.77. The van der Waals surface area contributed by atoms with Crippen LogP contribution >= 0.6 is 0 Å². The summed E-state index contributed by atoms with van der Waals surface area (Å²) >= 11 is 0. The van der Waals surface area contributed by atoms with Gasteiger partial charge in [-0.1, -0.05) is 29.5 Å². The normalized spacial score (nSPS) is 18.0. The largest absolute Gasteiger partial charge is 0.444 e. The van der Waals surface area contributed by atoms with Crippen molar-refractivity contribution in [2.24, 2.45) is 0 Å². The third-order valence-electron chi connectivity index (χ3n) is 5.77. The zero-order chi connectivity index (χ0) is 26.8. The lowest BCUT2D eigenvalue weighted by atomic mass is 10.1. The smallest absolute Gasteiger partial charge is 0.416 e. The number of rotatable bonds is 5. The van der Waals surface area contributed by atoms with E-state index in [4.69, 9.17) is 9.47 Å². The van der Waals surface area contributed by atoms with Crippen LogP contribution in [0.25, 0.3) is 11.3 Å². The first-order valence-electron chi connectivity index (χ1n) is 11.6. The summed E-state index contributed by atoms with van der Waals surface area (Å²) in [6, 6.07) is 13.4. The molecule has 2 atom stereocenters. The lowest BCUT2D eigenvalue weighted by Crippen LogP contribution is -2.36. The predicted molar refractivity (Wildman–Crippen MR) is 127 cm³/mol. The van der Waals surface area contributed by atoms with Crippen LogP contribution < -0.4 is 0 Å². The summed E-state index contributed by atoms with van der Waals surface area (Å²) in [6.07, 6.45) is -3.72. The summed E-state index contributed by atoms with van der Waals surface area (Å²) in [4.78, 5) is 14.3. The molecule has 2 aromatic carbocycles. The van der Waals surface area contributed by atoms with E-state index in [1.807, 2.05) is 6.07 Å². The van der Waals surface area contributed by atoms with Crippen LogP contribution in [0.4, 0.5) is 18.0 Å². The molecule has 3 aromatic rings. The molecule has 37 heavy (non-hydrogen) atoms. The molecule has 0 saturated carbocycles. The molecule has 1 aromatic heterocycles. The number of likely N-dealkylation sites (tertiary alicyclic amines) is 1. The van der Waals surface area contributed by atoms with E-state index in [1.54, 1.807) is 49.8 Å². The summed E-state index contributed by atoms with van der Waals surface area (Å²) in [5.41, 5.74) is 0.903. The number of aromatic nitrogens is 3. The Morgan fingerprint density at radius 1 is 1.14 bits per heavy atom. The molecular weight excluding hydrogens is 487 g/mol. The fourth-order valence-electron chi connectivity index (χ4n) is 3.96. The molecule has 0 radical (unpaired) electrons. The number of carbonyl (C=O) groups is 1. The lowest BCUT2D eigenvalue weighted by molar-refractivity contribution is -0.137. The van der Waals surface area contributed by atoms with E-state index >= 15 is 0 Å². The number of halogens is 3. The average molecular weight is 514 g/mol. The Balaban J connectivity index is 1.54. The monoisotopic (exact) mass is 513 g/mol. The highest BCUT2D eigenvalue weighted by molar-refractivity contribution is 5.68. The van der Waals surface area contributed by atoms with Gasteiger partial charge in [-0.3, -0.25) is 0 Å². The molecule has 194 valence electrons. The molecule has 0 N–H and O–H groups in total. The minimum Gasteiger partial charge on any atom is -0.444 e. The van der Waals surface area contributed by atoms with Crippen molar-refractivity contribution in [1.82, 2.24) is 19.9 Å². The molecule has 1 fully saturated rings. The Morgan fingerprint density at radius 2 is 1.86 bits per heavy atom. The second kappa shape index (κ2) is 10.2. The molecule has 1 amide bonds. The fourth-order valence-corrected chi connectivity index (χ4v) is 3.96. The molecule has 2 unspecified atom stereocenters. The van der Waals surface area contributed by atoms with Gasteiger partial charge in [0.25, 0.3) is 0 Å². The maximum absolute atomic E-state index is 12.9. The van der Waals surface area contributed by atoms with E-state index in [0.717, 1.165) is 17.7 Å². The zero-order valence-electron chi connectivity index (χ0n) is 20.6. The van der Waals surface area contributed by atoms with E-state index in [9.17, 15) is 23.2 Å². The van der Waals surface area contributed by atoms with Crippen LogP contribution in [0.5, 0.6) is 0 Å². The molecule has 1 aliphatic rings. The number of ether oxygens (including phenoxy) is 2. The van der Waals surface area contributed by atoms with Crippen molar-refractivity contribution in [1.29, 1.82) is 5.26 Å². The van der Waals surface area contributed by atoms with E-state index in [2.05, 4.69) is 16.4 Å². The van der Waals surface area contributed by atoms with E-state index < -0.39 is 35.6 Å². The van der Waals surface area contributed by atoms with Gasteiger partial charge in [0.05, 0.1) is 48.7 Å². The second-order valence-electron chi connectivity index (χ2n) is 9.77. The van der Waals surface area contributed by atoms with Crippen LogP contribution in [0.15, 0.2) is 54.7 Å². The van der Waals surface area contributed by atoms with Gasteiger partial charge in [-0.15, -0.1) is 5.10 Å². The van der Waals surface area contributed by atoms with Crippen molar-refractivity contribution in [3.05, 3.63) is 71.4 Å². The van der Waals surface area contributed by atoms with E-state index in [0.29, 0.717) is 16.8 Å². The van der Waals surface area contributed by atoms with Crippen molar-refractivity contribution in [3.63, 3.8) is 0 Å². The minimum atomic E-state index is -4.42. The third kappa shape index (κ3) is 6.46. The van der Waals surface area contributed by atoms with Gasteiger partial charge < -0.3 is 14.4 Å². The van der Waals surface area contributed by atoms with Crippen LogP contribution in [-0.2, 0) is 22.3 Å². The Morgan fingerprint density at radius 3 is 2.51 bits per heavy atom. The number of hydrogen-bond acceptors (Lipinski definition) is 6. The lowest BCUT2D eigenvalue weighted by Gasteiger charge is -2.24. The van der Waals surface area contributed by atoms with Gasteiger partial charge in [0.1, 0.15) is 11.3 Å². The highest BCUT2D eigenvalue weighted by atomic mass is 19.4. The van der Waals surface area contributed by atoms with Gasteiger partial charge in [0, 0.05) is 12.1 Å². The predicted octanol–water partition coefficient (Wildman–Crippen LogP) is 5.21. The van der Waals surface area contributed by atoms with Gasteiger partial charge in [-0.2, -0.15) is 18.4 Å². The topological polar surface area (TPSA) is 93.3 Å². The van der Waals surface area contributed by atoms with Gasteiger partial charge in [0.2, 0.25) is 0 Å². The second-order valence-corrected chi connectivity index (χ2v) is 9.77. The zero-order valence-corrected chi connectivity index (χ0v) is 20.6. The Bertz CT molecular complexity index is 1290. The highest BCUT2D eigenvalue weighted by Crippen LogP contribution is 2.31. The Kier molecular flexibility index (Phi) is 7.23. The summed E-state index contributed by atoms with van der Waals surface area (Å²) in [7, 11) is 0. The van der Waals surface area contributed by atoms with Crippen LogP contribution in [0.1, 0.15) is 43.5 Å². The van der Waals surface area contributed by atoms with Crippen molar-refractivity contribution in [2.75, 3.05) is 13.1 Å². The molecule has 0 bridgehead atoms. The van der Waals surface area contributed by atoms with E-state index in [-0.39, 0.29) is 19.7 Å². The summed E-state index contributed by atoms with van der Waals surface area (Å²) in [5, 5.41) is 17.6. The van der Waals surface area contributed by atoms with Crippen LogP contribution in [0.3, 0.4) is 0 Å². The molecule has 1 aliphatic heterocycles. The van der Waals surface area contributed by atoms with Gasteiger partial charge in [-0.05, 0) is 50.6 Å². The molecule has 4 rings (SSSR count). The van der Waals surface area contributed by atoms with Gasteiger partial charge in [-0.25, -0.2) is 9.48 Å². The number of alkyl halides is 3. The van der Waals surface area contributed by atoms with Crippen LogP contribution in [0.2, 0.25) is 0 Å². The maximum atomic E-state index is 12.9. The number of hydrogen-bond donors (Lipinski definition) is 0.